The molecular weight excluding hydrogens is 270 g/mol. The van der Waals surface area contributed by atoms with E-state index in [1.807, 2.05) is 6.92 Å². The van der Waals surface area contributed by atoms with Gasteiger partial charge < -0.3 is 10.6 Å². The third kappa shape index (κ3) is 4.12. The Balaban J connectivity index is 2.93. The second kappa shape index (κ2) is 6.98. The van der Waals surface area contributed by atoms with E-state index >= 15 is 0 Å². The first-order valence-electron chi connectivity index (χ1n) is 5.79. The first-order chi connectivity index (χ1) is 8.99. The maximum Gasteiger partial charge on any atom is 0.332 e. The van der Waals surface area contributed by atoms with Gasteiger partial charge in [0.1, 0.15) is 5.69 Å². The lowest BCUT2D eigenvalue weighted by atomic mass is 10.3. The molecule has 1 aromatic rings. The van der Waals surface area contributed by atoms with E-state index in [0.717, 1.165) is 0 Å². The maximum absolute atomic E-state index is 11.3. The van der Waals surface area contributed by atoms with Crippen molar-refractivity contribution in [3.8, 4) is 0 Å². The van der Waals surface area contributed by atoms with Crippen LogP contribution in [0.25, 0.3) is 0 Å². The molecule has 0 aliphatic rings. The predicted octanol–water partition coefficient (Wildman–Crippen LogP) is 0.915. The fraction of sp³-hybridized carbons (Fsp3) is 0.600. The minimum atomic E-state index is -0.922. The van der Waals surface area contributed by atoms with E-state index in [1.165, 1.54) is 0 Å². The molecule has 8 nitrogen and oxygen atoms in total. The lowest BCUT2D eigenvalue weighted by molar-refractivity contribution is -0.385. The number of hydrogen-bond acceptors (Lipinski definition) is 7. The first kappa shape index (κ1) is 15.3. The van der Waals surface area contributed by atoms with Crippen molar-refractivity contribution < 1.29 is 9.13 Å². The summed E-state index contributed by atoms with van der Waals surface area (Å²) in [6.45, 7) is 3.74. The summed E-state index contributed by atoms with van der Waals surface area (Å²) in [7, 11) is 0.714. The zero-order valence-corrected chi connectivity index (χ0v) is 11.9. The zero-order chi connectivity index (χ0) is 14.4. The van der Waals surface area contributed by atoms with Crippen molar-refractivity contribution in [3.63, 3.8) is 0 Å². The van der Waals surface area contributed by atoms with Crippen LogP contribution in [0.1, 0.15) is 12.6 Å². The normalized spacial score (nSPS) is 11.9. The second-order valence-corrected chi connectivity index (χ2v) is 5.56. The molecule has 2 N–H and O–H groups in total. The van der Waals surface area contributed by atoms with Crippen LogP contribution in [0.5, 0.6) is 0 Å². The van der Waals surface area contributed by atoms with Gasteiger partial charge in [0.2, 0.25) is 11.8 Å². The zero-order valence-electron chi connectivity index (χ0n) is 11.1. The Hall–Kier alpha value is -1.77. The average molecular weight is 287 g/mol. The molecule has 0 radical (unpaired) electrons. The highest BCUT2D eigenvalue weighted by molar-refractivity contribution is 7.84. The van der Waals surface area contributed by atoms with Crippen molar-refractivity contribution in [1.29, 1.82) is 0 Å². The Bertz CT molecular complexity index is 494. The number of rotatable bonds is 7. The van der Waals surface area contributed by atoms with E-state index in [9.17, 15) is 14.3 Å². The van der Waals surface area contributed by atoms with E-state index in [2.05, 4.69) is 20.6 Å². The number of nitrogens with zero attached hydrogens (tertiary/aromatic N) is 3. The van der Waals surface area contributed by atoms with E-state index < -0.39 is 15.7 Å². The van der Waals surface area contributed by atoms with Crippen LogP contribution in [0.15, 0.2) is 0 Å². The van der Waals surface area contributed by atoms with Gasteiger partial charge in [0.05, 0.1) is 4.92 Å². The summed E-state index contributed by atoms with van der Waals surface area (Å²) >= 11 is 0. The van der Waals surface area contributed by atoms with Crippen LogP contribution in [-0.4, -0.2) is 44.2 Å². The van der Waals surface area contributed by atoms with Gasteiger partial charge in [-0.3, -0.25) is 14.3 Å². The summed E-state index contributed by atoms with van der Waals surface area (Å²) in [5, 5.41) is 16.6. The third-order valence-corrected chi connectivity index (χ3v) is 3.71. The molecule has 1 heterocycles. The highest BCUT2D eigenvalue weighted by Gasteiger charge is 2.21. The molecule has 19 heavy (non-hydrogen) atoms. The predicted molar refractivity (Wildman–Crippen MR) is 75.0 cm³/mol. The number of nitrogens with one attached hydrogen (secondary N) is 2. The Labute approximate surface area is 113 Å². The molecule has 1 atom stereocenters. The summed E-state index contributed by atoms with van der Waals surface area (Å²) in [4.78, 5) is 18.5. The van der Waals surface area contributed by atoms with Crippen molar-refractivity contribution in [3.05, 3.63) is 15.8 Å². The molecule has 0 aliphatic heterocycles. The molecule has 106 valence electrons. The van der Waals surface area contributed by atoms with Crippen molar-refractivity contribution >= 4 is 28.3 Å². The monoisotopic (exact) mass is 287 g/mol. The van der Waals surface area contributed by atoms with Crippen LogP contribution in [0.4, 0.5) is 17.5 Å². The SMILES string of the molecule is CCS(=O)CCNc1nc(NC)nc(C)c1[N+](=O)[O-]. The number of aryl methyl sites for hydroxylation is 1. The second-order valence-electron chi connectivity index (χ2n) is 3.70. The Morgan fingerprint density at radius 2 is 2.11 bits per heavy atom. The first-order valence-corrected chi connectivity index (χ1v) is 7.28. The van der Waals surface area contributed by atoms with E-state index in [4.69, 9.17) is 0 Å². The van der Waals surface area contributed by atoms with Crippen LogP contribution in [0.3, 0.4) is 0 Å². The topological polar surface area (TPSA) is 110 Å². The molecule has 0 saturated carbocycles. The van der Waals surface area contributed by atoms with Crippen LogP contribution in [0, 0.1) is 17.0 Å². The van der Waals surface area contributed by atoms with Gasteiger partial charge in [-0.05, 0) is 6.92 Å². The van der Waals surface area contributed by atoms with Gasteiger partial charge in [-0.15, -0.1) is 0 Å². The molecule has 0 amide bonds. The van der Waals surface area contributed by atoms with Crippen molar-refractivity contribution in [2.75, 3.05) is 35.7 Å². The molecule has 1 unspecified atom stereocenters. The number of nitro groups is 1. The molecule has 1 aromatic heterocycles. The van der Waals surface area contributed by atoms with Crippen LogP contribution < -0.4 is 10.6 Å². The van der Waals surface area contributed by atoms with Gasteiger partial charge in [0.25, 0.3) is 0 Å². The number of anilines is 2. The van der Waals surface area contributed by atoms with Crippen molar-refractivity contribution in [1.82, 2.24) is 9.97 Å². The van der Waals surface area contributed by atoms with Gasteiger partial charge in [-0.2, -0.15) is 4.98 Å². The molecule has 0 aromatic carbocycles. The van der Waals surface area contributed by atoms with Gasteiger partial charge in [0.15, 0.2) is 0 Å². The molecule has 9 heteroatoms. The van der Waals surface area contributed by atoms with Gasteiger partial charge in [-0.1, -0.05) is 6.92 Å². The molecule has 0 fully saturated rings. The lowest BCUT2D eigenvalue weighted by Crippen LogP contribution is -2.15. The minimum Gasteiger partial charge on any atom is -0.363 e. The lowest BCUT2D eigenvalue weighted by Gasteiger charge is -2.09. The highest BCUT2D eigenvalue weighted by atomic mass is 32.2. The fourth-order valence-electron chi connectivity index (χ4n) is 1.45. The molecule has 0 spiro atoms. The third-order valence-electron chi connectivity index (χ3n) is 2.41. The Kier molecular flexibility index (Phi) is 5.61. The Morgan fingerprint density at radius 1 is 1.42 bits per heavy atom. The maximum atomic E-state index is 11.3. The molecular formula is C10H17N5O3S. The summed E-state index contributed by atoms with van der Waals surface area (Å²) in [5.74, 6) is 1.44. The summed E-state index contributed by atoms with van der Waals surface area (Å²) < 4.78 is 11.3. The number of hydrogen-bond donors (Lipinski definition) is 2. The standard InChI is InChI=1S/C10H17N5O3S/c1-4-19(18)6-5-12-9-8(15(16)17)7(2)13-10(11-3)14-9/h4-6H2,1-3H3,(H2,11,12,13,14). The van der Waals surface area contributed by atoms with Crippen molar-refractivity contribution in [2.24, 2.45) is 0 Å². The minimum absolute atomic E-state index is 0.148. The van der Waals surface area contributed by atoms with Gasteiger partial charge in [-0.25, -0.2) is 4.98 Å². The van der Waals surface area contributed by atoms with Crippen molar-refractivity contribution in [2.45, 2.75) is 13.8 Å². The summed E-state index contributed by atoms with van der Waals surface area (Å²) in [5.41, 5.74) is 0.129. The Morgan fingerprint density at radius 3 is 2.63 bits per heavy atom. The molecule has 1 rings (SSSR count). The molecule has 0 bridgehead atoms. The van der Waals surface area contributed by atoms with E-state index in [1.54, 1.807) is 14.0 Å². The summed E-state index contributed by atoms with van der Waals surface area (Å²) in [6.07, 6.45) is 0. The van der Waals surface area contributed by atoms with Crippen LogP contribution >= 0.6 is 0 Å². The van der Waals surface area contributed by atoms with Crippen LogP contribution in [-0.2, 0) is 10.8 Å². The summed E-state index contributed by atoms with van der Waals surface area (Å²) in [6, 6.07) is 0. The smallest absolute Gasteiger partial charge is 0.332 e. The average Bonchev–Trinajstić information content (AvgIpc) is 2.37. The molecule has 0 saturated heterocycles. The van der Waals surface area contributed by atoms with E-state index in [-0.39, 0.29) is 17.2 Å². The van der Waals surface area contributed by atoms with E-state index in [0.29, 0.717) is 24.0 Å². The fourth-order valence-corrected chi connectivity index (χ4v) is 2.07. The van der Waals surface area contributed by atoms with Crippen LogP contribution in [0.2, 0.25) is 0 Å². The number of aromatic nitrogens is 2. The molecule has 0 aliphatic carbocycles. The van der Waals surface area contributed by atoms with Gasteiger partial charge in [0, 0.05) is 35.9 Å². The highest BCUT2D eigenvalue weighted by Crippen LogP contribution is 2.26. The quantitative estimate of drug-likeness (QED) is 0.566. The largest absolute Gasteiger partial charge is 0.363 e. The van der Waals surface area contributed by atoms with Gasteiger partial charge >= 0.3 is 5.69 Å².